The van der Waals surface area contributed by atoms with Gasteiger partial charge in [-0.25, -0.2) is 9.59 Å². The molecular formula is C19H22N2O7. The maximum Gasteiger partial charge on any atom is 0.411 e. The molecule has 28 heavy (non-hydrogen) atoms. The largest absolute Gasteiger partial charge is 0.478 e. The van der Waals surface area contributed by atoms with E-state index in [9.17, 15) is 19.7 Å². The monoisotopic (exact) mass is 390 g/mol. The minimum Gasteiger partial charge on any atom is -0.478 e. The molecular weight excluding hydrogens is 368 g/mol. The van der Waals surface area contributed by atoms with Gasteiger partial charge in [-0.2, -0.15) is 0 Å². The number of hydrogen-bond acceptors (Lipinski definition) is 6. The summed E-state index contributed by atoms with van der Waals surface area (Å²) in [7, 11) is 0. The highest BCUT2D eigenvalue weighted by atomic mass is 16.6. The van der Waals surface area contributed by atoms with Gasteiger partial charge >= 0.3 is 12.1 Å². The second-order valence-electron chi connectivity index (χ2n) is 7.84. The first-order valence-electron chi connectivity index (χ1n) is 8.88. The third-order valence-corrected chi connectivity index (χ3v) is 4.59. The molecule has 1 amide bonds. The second-order valence-corrected chi connectivity index (χ2v) is 7.84. The predicted molar refractivity (Wildman–Crippen MR) is 99.1 cm³/mol. The highest BCUT2D eigenvalue weighted by Gasteiger charge is 2.41. The van der Waals surface area contributed by atoms with Crippen molar-refractivity contribution in [1.82, 2.24) is 4.90 Å². The second kappa shape index (κ2) is 7.23. The van der Waals surface area contributed by atoms with Crippen molar-refractivity contribution in [2.45, 2.75) is 44.9 Å². The minimum absolute atomic E-state index is 0.147. The lowest BCUT2D eigenvalue weighted by Crippen LogP contribution is -2.57. The molecule has 2 aliphatic heterocycles. The van der Waals surface area contributed by atoms with Crippen LogP contribution in [0.3, 0.4) is 0 Å². The molecule has 2 atom stereocenters. The summed E-state index contributed by atoms with van der Waals surface area (Å²) < 4.78 is 11.0. The fourth-order valence-corrected chi connectivity index (χ4v) is 3.48. The Labute approximate surface area is 161 Å². The lowest BCUT2D eigenvalue weighted by Gasteiger charge is -2.44. The Morgan fingerprint density at radius 2 is 2.04 bits per heavy atom. The summed E-state index contributed by atoms with van der Waals surface area (Å²) in [5.74, 6) is -1.23. The van der Waals surface area contributed by atoms with Gasteiger partial charge in [-0.15, -0.1) is 0 Å². The number of ether oxygens (including phenoxy) is 2. The normalized spacial score (nSPS) is 21.7. The van der Waals surface area contributed by atoms with Gasteiger partial charge in [0, 0.05) is 6.07 Å². The molecule has 0 saturated carbocycles. The third kappa shape index (κ3) is 3.99. The van der Waals surface area contributed by atoms with Gasteiger partial charge < -0.3 is 14.6 Å². The number of aromatic carboxylic acids is 1. The van der Waals surface area contributed by atoms with Crippen LogP contribution >= 0.6 is 0 Å². The van der Waals surface area contributed by atoms with Crippen LogP contribution in [0.15, 0.2) is 24.3 Å². The molecule has 9 heteroatoms. The smallest absolute Gasteiger partial charge is 0.411 e. The van der Waals surface area contributed by atoms with Gasteiger partial charge in [-0.05, 0) is 44.9 Å². The van der Waals surface area contributed by atoms with Crippen molar-refractivity contribution in [3.05, 3.63) is 45.5 Å². The van der Waals surface area contributed by atoms with E-state index in [1.54, 1.807) is 31.7 Å². The number of carbonyl (C=O) groups excluding carboxylic acids is 1. The number of carboxylic acids is 1. The van der Waals surface area contributed by atoms with Gasteiger partial charge in [0.05, 0.1) is 41.3 Å². The van der Waals surface area contributed by atoms with Crippen LogP contribution in [0.25, 0.3) is 5.57 Å². The van der Waals surface area contributed by atoms with E-state index < -0.39 is 28.6 Å². The molecule has 2 unspecified atom stereocenters. The van der Waals surface area contributed by atoms with E-state index in [0.717, 1.165) is 6.07 Å². The van der Waals surface area contributed by atoms with Crippen molar-refractivity contribution in [2.75, 3.05) is 13.2 Å². The van der Waals surface area contributed by atoms with Crippen molar-refractivity contribution >= 4 is 23.3 Å². The van der Waals surface area contributed by atoms with Crippen molar-refractivity contribution in [3.8, 4) is 0 Å². The molecule has 1 saturated heterocycles. The topological polar surface area (TPSA) is 119 Å². The molecule has 2 heterocycles. The Bertz CT molecular complexity index is 856. The Kier molecular flexibility index (Phi) is 5.12. The molecule has 2 aliphatic rings. The van der Waals surface area contributed by atoms with Crippen LogP contribution in [0.2, 0.25) is 0 Å². The number of nitro benzene ring substituents is 1. The summed E-state index contributed by atoms with van der Waals surface area (Å²) in [5, 5.41) is 20.6. The molecule has 9 nitrogen and oxygen atoms in total. The van der Waals surface area contributed by atoms with Crippen molar-refractivity contribution in [1.29, 1.82) is 0 Å². The summed E-state index contributed by atoms with van der Waals surface area (Å²) >= 11 is 0. The van der Waals surface area contributed by atoms with Crippen LogP contribution in [0.4, 0.5) is 10.5 Å². The van der Waals surface area contributed by atoms with Crippen LogP contribution in [0.5, 0.6) is 0 Å². The van der Waals surface area contributed by atoms with E-state index in [0.29, 0.717) is 24.2 Å². The van der Waals surface area contributed by atoms with Crippen molar-refractivity contribution < 1.29 is 29.1 Å². The van der Waals surface area contributed by atoms with E-state index >= 15 is 0 Å². The number of benzene rings is 1. The van der Waals surface area contributed by atoms with Gasteiger partial charge in [0.15, 0.2) is 0 Å². The van der Waals surface area contributed by atoms with E-state index in [-0.39, 0.29) is 23.9 Å². The average Bonchev–Trinajstić information content (AvgIpc) is 2.58. The summed E-state index contributed by atoms with van der Waals surface area (Å²) in [5.41, 5.74) is 0.000845. The van der Waals surface area contributed by atoms with Gasteiger partial charge in [0.25, 0.3) is 5.69 Å². The number of hydrogen-bond donors (Lipinski definition) is 1. The fourth-order valence-electron chi connectivity index (χ4n) is 3.48. The maximum absolute atomic E-state index is 12.6. The first-order valence-corrected chi connectivity index (χ1v) is 8.88. The van der Waals surface area contributed by atoms with Crippen LogP contribution in [-0.2, 0) is 9.47 Å². The summed E-state index contributed by atoms with van der Waals surface area (Å²) in [4.78, 5) is 36.3. The Hall–Kier alpha value is -2.94. The SMILES string of the molecule is CC(C)(C)OC(=O)N1C2C=C(c3ccc(C(=O)O)cc3[N+](=O)[O-])CC1COC2. The zero-order chi connectivity index (χ0) is 20.6. The van der Waals surface area contributed by atoms with E-state index in [1.165, 1.54) is 12.1 Å². The molecule has 3 rings (SSSR count). The quantitative estimate of drug-likeness (QED) is 0.622. The third-order valence-electron chi connectivity index (χ3n) is 4.59. The Balaban J connectivity index is 1.96. The van der Waals surface area contributed by atoms with Gasteiger partial charge in [-0.1, -0.05) is 6.08 Å². The molecule has 1 aromatic rings. The number of morpholine rings is 1. The van der Waals surface area contributed by atoms with Crippen LogP contribution in [0, 0.1) is 10.1 Å². The molecule has 1 N–H and O–H groups in total. The number of nitrogens with zero attached hydrogens (tertiary/aromatic N) is 2. The van der Waals surface area contributed by atoms with Gasteiger partial charge in [0.1, 0.15) is 5.60 Å². The van der Waals surface area contributed by atoms with Crippen molar-refractivity contribution in [3.63, 3.8) is 0 Å². The number of amides is 1. The summed E-state index contributed by atoms with van der Waals surface area (Å²) in [6.07, 6.45) is 1.67. The van der Waals surface area contributed by atoms with Crippen LogP contribution in [-0.4, -0.2) is 57.9 Å². The van der Waals surface area contributed by atoms with E-state index in [1.807, 2.05) is 0 Å². The standard InChI is InChI=1S/C19H22N2O7/c1-19(2,3)28-18(24)20-13-6-12(7-14(20)10-27-9-13)15-5-4-11(17(22)23)8-16(15)21(25)26/h4-6,8,13-14H,7,9-10H2,1-3H3,(H,22,23). The molecule has 150 valence electrons. The zero-order valence-corrected chi connectivity index (χ0v) is 15.9. The zero-order valence-electron chi connectivity index (χ0n) is 15.9. The Morgan fingerprint density at radius 1 is 1.32 bits per heavy atom. The lowest BCUT2D eigenvalue weighted by molar-refractivity contribution is -0.385. The number of fused-ring (bicyclic) bond motifs is 2. The van der Waals surface area contributed by atoms with Crippen molar-refractivity contribution in [2.24, 2.45) is 0 Å². The van der Waals surface area contributed by atoms with E-state index in [4.69, 9.17) is 14.6 Å². The number of carbonyl (C=O) groups is 2. The molecule has 0 spiro atoms. The average molecular weight is 390 g/mol. The van der Waals surface area contributed by atoms with Gasteiger partial charge in [0.2, 0.25) is 0 Å². The highest BCUT2D eigenvalue weighted by molar-refractivity contribution is 5.90. The summed E-state index contributed by atoms with van der Waals surface area (Å²) in [6, 6.07) is 3.14. The first kappa shape index (κ1) is 19.8. The molecule has 0 radical (unpaired) electrons. The molecule has 0 aliphatic carbocycles. The first-order chi connectivity index (χ1) is 13.1. The van der Waals surface area contributed by atoms with Crippen LogP contribution in [0.1, 0.15) is 43.1 Å². The molecule has 1 fully saturated rings. The number of nitro groups is 1. The lowest BCUT2D eigenvalue weighted by atomic mass is 9.89. The molecule has 0 aromatic heterocycles. The predicted octanol–water partition coefficient (Wildman–Crippen LogP) is 3.08. The molecule has 2 bridgehead atoms. The minimum atomic E-state index is -1.23. The Morgan fingerprint density at radius 3 is 2.61 bits per heavy atom. The number of carboxylic acid groups (broad SMARTS) is 1. The summed E-state index contributed by atoms with van der Waals surface area (Å²) in [6.45, 7) is 5.93. The van der Waals surface area contributed by atoms with E-state index in [2.05, 4.69) is 0 Å². The van der Waals surface area contributed by atoms with Gasteiger partial charge in [-0.3, -0.25) is 15.0 Å². The fraction of sp³-hybridized carbons (Fsp3) is 0.474. The maximum atomic E-state index is 12.6. The number of rotatable bonds is 3. The molecule has 1 aromatic carbocycles. The van der Waals surface area contributed by atoms with Crippen LogP contribution < -0.4 is 0 Å². The highest BCUT2D eigenvalue weighted by Crippen LogP contribution is 2.37.